The first-order valence-electron chi connectivity index (χ1n) is 10.2. The van der Waals surface area contributed by atoms with Crippen LogP contribution in [-0.2, 0) is 7.05 Å². The Morgan fingerprint density at radius 3 is 2.29 bits per heavy atom. The van der Waals surface area contributed by atoms with Gasteiger partial charge >= 0.3 is 0 Å². The molecule has 4 aliphatic carbocycles. The topological polar surface area (TPSA) is 65.4 Å². The normalized spacial score (nSPS) is 30.3. The number of methoxy groups -OCH3 is 1. The number of benzene rings is 1. The smallest absolute Gasteiger partial charge is 0.276 e. The molecule has 0 spiro atoms. The Hall–Kier alpha value is -2.50. The van der Waals surface area contributed by atoms with Crippen molar-refractivity contribution in [3.8, 4) is 17.4 Å². The second-order valence-corrected chi connectivity index (χ2v) is 8.88. The summed E-state index contributed by atoms with van der Waals surface area (Å²) < 4.78 is 13.1. The van der Waals surface area contributed by atoms with E-state index in [2.05, 4.69) is 10.4 Å². The second-order valence-electron chi connectivity index (χ2n) is 8.88. The summed E-state index contributed by atoms with van der Waals surface area (Å²) in [6, 6.07) is 9.43. The summed E-state index contributed by atoms with van der Waals surface area (Å²) in [5.41, 5.74) is 0.222. The summed E-state index contributed by atoms with van der Waals surface area (Å²) >= 11 is 0. The summed E-state index contributed by atoms with van der Waals surface area (Å²) in [5.74, 6) is 3.61. The van der Waals surface area contributed by atoms with Crippen LogP contribution in [0.1, 0.15) is 49.0 Å². The van der Waals surface area contributed by atoms with Crippen LogP contribution in [0.3, 0.4) is 0 Å². The molecule has 0 aliphatic heterocycles. The van der Waals surface area contributed by atoms with Crippen molar-refractivity contribution in [3.63, 3.8) is 0 Å². The quantitative estimate of drug-likeness (QED) is 0.853. The van der Waals surface area contributed by atoms with Crippen molar-refractivity contribution < 1.29 is 14.3 Å². The third-order valence-corrected chi connectivity index (χ3v) is 6.74. The molecule has 6 rings (SSSR count). The molecule has 148 valence electrons. The minimum atomic E-state index is -0.160. The van der Waals surface area contributed by atoms with Crippen LogP contribution in [0, 0.1) is 17.8 Å². The molecule has 1 amide bonds. The zero-order valence-electron chi connectivity index (χ0n) is 16.5. The SMILES string of the molecule is COc1c(Oc2ccccc2)c(C(=O)NC23CC4CC(CC(C4)C2)C3)nn1C. The van der Waals surface area contributed by atoms with Crippen LogP contribution in [0.4, 0.5) is 0 Å². The summed E-state index contributed by atoms with van der Waals surface area (Å²) in [7, 11) is 3.33. The van der Waals surface area contributed by atoms with Crippen LogP contribution in [0.5, 0.6) is 17.4 Å². The van der Waals surface area contributed by atoms with Gasteiger partial charge in [0.2, 0.25) is 5.75 Å². The Morgan fingerprint density at radius 1 is 1.11 bits per heavy atom. The molecule has 2 aromatic rings. The molecule has 1 heterocycles. The lowest BCUT2D eigenvalue weighted by atomic mass is 9.53. The van der Waals surface area contributed by atoms with Gasteiger partial charge in [0.15, 0.2) is 5.69 Å². The van der Waals surface area contributed by atoms with Gasteiger partial charge in [0.05, 0.1) is 7.11 Å². The van der Waals surface area contributed by atoms with Crippen LogP contribution in [0.2, 0.25) is 0 Å². The van der Waals surface area contributed by atoms with Crippen molar-refractivity contribution in [1.29, 1.82) is 0 Å². The van der Waals surface area contributed by atoms with Crippen molar-refractivity contribution in [2.75, 3.05) is 7.11 Å². The van der Waals surface area contributed by atoms with Crippen molar-refractivity contribution in [2.45, 2.75) is 44.1 Å². The highest BCUT2D eigenvalue weighted by Crippen LogP contribution is 2.55. The number of hydrogen-bond donors (Lipinski definition) is 1. The number of rotatable bonds is 5. The van der Waals surface area contributed by atoms with Crippen LogP contribution in [0.15, 0.2) is 30.3 Å². The van der Waals surface area contributed by atoms with Crippen LogP contribution < -0.4 is 14.8 Å². The number of aryl methyl sites for hydroxylation is 1. The molecule has 28 heavy (non-hydrogen) atoms. The molecule has 1 aromatic carbocycles. The summed E-state index contributed by atoms with van der Waals surface area (Å²) in [5, 5.41) is 7.81. The van der Waals surface area contributed by atoms with Gasteiger partial charge in [-0.15, -0.1) is 0 Å². The molecule has 1 aromatic heterocycles. The first kappa shape index (κ1) is 17.6. The zero-order chi connectivity index (χ0) is 19.3. The number of hydrogen-bond acceptors (Lipinski definition) is 4. The number of para-hydroxylation sites is 1. The van der Waals surface area contributed by atoms with Gasteiger partial charge in [0.25, 0.3) is 11.8 Å². The fourth-order valence-corrected chi connectivity index (χ4v) is 6.12. The molecule has 0 atom stereocenters. The molecule has 6 nitrogen and oxygen atoms in total. The van der Waals surface area contributed by atoms with Gasteiger partial charge in [-0.2, -0.15) is 5.10 Å². The molecule has 4 aliphatic rings. The lowest BCUT2D eigenvalue weighted by Gasteiger charge is -2.56. The van der Waals surface area contributed by atoms with E-state index in [4.69, 9.17) is 9.47 Å². The van der Waals surface area contributed by atoms with E-state index in [-0.39, 0.29) is 11.4 Å². The number of amides is 1. The summed E-state index contributed by atoms with van der Waals surface area (Å²) in [4.78, 5) is 13.3. The molecular weight excluding hydrogens is 354 g/mol. The molecule has 4 fully saturated rings. The fourth-order valence-electron chi connectivity index (χ4n) is 6.12. The maximum Gasteiger partial charge on any atom is 0.276 e. The molecule has 0 radical (unpaired) electrons. The molecule has 6 heteroatoms. The first-order chi connectivity index (χ1) is 13.5. The predicted octanol–water partition coefficient (Wildman–Crippen LogP) is 3.92. The number of aromatic nitrogens is 2. The van der Waals surface area contributed by atoms with E-state index in [0.29, 0.717) is 23.1 Å². The molecule has 0 unspecified atom stereocenters. The lowest BCUT2D eigenvalue weighted by molar-refractivity contribution is -0.0168. The highest BCUT2D eigenvalue weighted by Gasteiger charge is 2.52. The standard InChI is InChI=1S/C22H27N3O3/c1-25-21(27-2)19(28-17-6-4-3-5-7-17)18(24-25)20(26)23-22-11-14-8-15(12-22)10-16(9-14)13-22/h3-7,14-16H,8-13H2,1-2H3,(H,23,26). The van der Waals surface area contributed by atoms with Crippen molar-refractivity contribution >= 4 is 5.91 Å². The number of nitrogens with zero attached hydrogens (tertiary/aromatic N) is 2. The maximum absolute atomic E-state index is 13.3. The monoisotopic (exact) mass is 381 g/mol. The molecular formula is C22H27N3O3. The van der Waals surface area contributed by atoms with E-state index in [1.54, 1.807) is 18.8 Å². The van der Waals surface area contributed by atoms with Gasteiger partial charge < -0.3 is 14.8 Å². The first-order valence-corrected chi connectivity index (χ1v) is 10.2. The van der Waals surface area contributed by atoms with Gasteiger partial charge in [0.1, 0.15) is 5.75 Å². The zero-order valence-corrected chi connectivity index (χ0v) is 16.5. The summed E-state index contributed by atoms with van der Waals surface area (Å²) in [6.45, 7) is 0. The van der Waals surface area contributed by atoms with Crippen molar-refractivity contribution in [1.82, 2.24) is 15.1 Å². The van der Waals surface area contributed by atoms with Crippen LogP contribution in [0.25, 0.3) is 0 Å². The van der Waals surface area contributed by atoms with Crippen LogP contribution >= 0.6 is 0 Å². The lowest BCUT2D eigenvalue weighted by Crippen LogP contribution is -2.59. The minimum absolute atomic E-state index is 0.0688. The van der Waals surface area contributed by atoms with Crippen molar-refractivity contribution in [2.24, 2.45) is 24.8 Å². The largest absolute Gasteiger partial charge is 0.479 e. The molecule has 4 bridgehead atoms. The average Bonchev–Trinajstić information content (AvgIpc) is 2.96. The highest BCUT2D eigenvalue weighted by molar-refractivity contribution is 5.96. The van der Waals surface area contributed by atoms with Gasteiger partial charge in [-0.3, -0.25) is 4.79 Å². The fraction of sp³-hybridized carbons (Fsp3) is 0.545. The molecule has 1 N–H and O–H groups in total. The van der Waals surface area contributed by atoms with Crippen molar-refractivity contribution in [3.05, 3.63) is 36.0 Å². The average molecular weight is 381 g/mol. The van der Waals surface area contributed by atoms with E-state index in [9.17, 15) is 4.79 Å². The Balaban J connectivity index is 1.43. The minimum Gasteiger partial charge on any atom is -0.479 e. The van der Waals surface area contributed by atoms with E-state index in [1.807, 2.05) is 30.3 Å². The number of ether oxygens (including phenoxy) is 2. The third-order valence-electron chi connectivity index (χ3n) is 6.74. The Labute approximate surface area is 165 Å². The maximum atomic E-state index is 13.3. The highest BCUT2D eigenvalue weighted by atomic mass is 16.5. The van der Waals surface area contributed by atoms with Gasteiger partial charge in [-0.05, 0) is 68.4 Å². The predicted molar refractivity (Wildman–Crippen MR) is 105 cm³/mol. The number of carbonyl (C=O) groups is 1. The Morgan fingerprint density at radius 2 is 1.71 bits per heavy atom. The van der Waals surface area contributed by atoms with Gasteiger partial charge in [0, 0.05) is 12.6 Å². The Bertz CT molecular complexity index is 855. The van der Waals surface area contributed by atoms with Crippen LogP contribution in [-0.4, -0.2) is 28.3 Å². The van der Waals surface area contributed by atoms with E-state index in [1.165, 1.54) is 19.3 Å². The van der Waals surface area contributed by atoms with Gasteiger partial charge in [-0.1, -0.05) is 18.2 Å². The van der Waals surface area contributed by atoms with E-state index >= 15 is 0 Å². The summed E-state index contributed by atoms with van der Waals surface area (Å²) in [6.07, 6.45) is 7.33. The third kappa shape index (κ3) is 2.95. The molecule has 4 saturated carbocycles. The van der Waals surface area contributed by atoms with E-state index < -0.39 is 0 Å². The van der Waals surface area contributed by atoms with Gasteiger partial charge in [-0.25, -0.2) is 4.68 Å². The second kappa shape index (κ2) is 6.54. The number of carbonyl (C=O) groups excluding carboxylic acids is 1. The Kier molecular flexibility index (Phi) is 4.11. The number of nitrogens with one attached hydrogen (secondary N) is 1. The van der Waals surface area contributed by atoms with E-state index in [0.717, 1.165) is 37.0 Å². The molecule has 0 saturated heterocycles.